The third-order valence-electron chi connectivity index (χ3n) is 4.62. The van der Waals surface area contributed by atoms with Crippen molar-refractivity contribution in [1.29, 1.82) is 0 Å². The predicted octanol–water partition coefficient (Wildman–Crippen LogP) is 3.16. The maximum Gasteiger partial charge on any atom is 0.192 e. The summed E-state index contributed by atoms with van der Waals surface area (Å²) in [5.74, 6) is 0.605. The Hall–Kier alpha value is -0.453. The largest absolute Gasteiger partial charge is 0.411 e. The fraction of sp³-hybridized carbons (Fsp3) is 0.800. The summed E-state index contributed by atoms with van der Waals surface area (Å²) in [6, 6.07) is 0. The second-order valence-corrected chi connectivity index (χ2v) is 12.1. The molecule has 1 heterocycles. The number of hydrogen-bond donors (Lipinski definition) is 1. The van der Waals surface area contributed by atoms with Gasteiger partial charge in [-0.2, -0.15) is 0 Å². The van der Waals surface area contributed by atoms with E-state index in [4.69, 9.17) is 4.43 Å². The van der Waals surface area contributed by atoms with Crippen molar-refractivity contribution in [2.45, 2.75) is 57.8 Å². The Kier molecular flexibility index (Phi) is 4.05. The van der Waals surface area contributed by atoms with Gasteiger partial charge < -0.3 is 9.53 Å². The van der Waals surface area contributed by atoms with Gasteiger partial charge >= 0.3 is 0 Å². The second-order valence-electron chi connectivity index (χ2n) is 7.32. The van der Waals surface area contributed by atoms with E-state index in [1.165, 1.54) is 18.4 Å². The highest BCUT2D eigenvalue weighted by atomic mass is 28.4. The number of dihydropyridines is 1. The highest BCUT2D eigenvalue weighted by Crippen LogP contribution is 2.39. The lowest BCUT2D eigenvalue weighted by atomic mass is 10.0. The molecular formula is C15H27NO2Si. The van der Waals surface area contributed by atoms with E-state index < -0.39 is 8.32 Å². The zero-order valence-electron chi connectivity index (χ0n) is 12.9. The molecular weight excluding hydrogens is 254 g/mol. The van der Waals surface area contributed by atoms with Crippen LogP contribution in [0.3, 0.4) is 0 Å². The Bertz CT molecular complexity index is 403. The third kappa shape index (κ3) is 3.55. The lowest BCUT2D eigenvalue weighted by Gasteiger charge is -2.36. The molecule has 0 amide bonds. The zero-order chi connectivity index (χ0) is 14.3. The van der Waals surface area contributed by atoms with E-state index in [0.29, 0.717) is 19.1 Å². The molecule has 0 bridgehead atoms. The molecule has 0 aromatic rings. The Morgan fingerprint density at radius 2 is 2.00 bits per heavy atom. The Morgan fingerprint density at radius 1 is 1.37 bits per heavy atom. The smallest absolute Gasteiger partial charge is 0.192 e. The summed E-state index contributed by atoms with van der Waals surface area (Å²) >= 11 is 0. The van der Waals surface area contributed by atoms with Crippen LogP contribution in [0.2, 0.25) is 18.1 Å². The van der Waals surface area contributed by atoms with Gasteiger partial charge in [-0.05, 0) is 48.5 Å². The van der Waals surface area contributed by atoms with Gasteiger partial charge in [0.05, 0.1) is 25.0 Å². The van der Waals surface area contributed by atoms with Gasteiger partial charge in [0.2, 0.25) is 0 Å². The maximum absolute atomic E-state index is 9.95. The van der Waals surface area contributed by atoms with Crippen LogP contribution in [-0.4, -0.2) is 38.4 Å². The van der Waals surface area contributed by atoms with E-state index in [-0.39, 0.29) is 11.1 Å². The van der Waals surface area contributed by atoms with Crippen molar-refractivity contribution in [2.75, 3.05) is 13.2 Å². The van der Waals surface area contributed by atoms with E-state index in [1.54, 1.807) is 0 Å². The minimum absolute atomic E-state index is 0.227. The number of aliphatic hydroxyl groups excluding tert-OH is 1. The van der Waals surface area contributed by atoms with Crippen LogP contribution in [0.1, 0.15) is 33.6 Å². The van der Waals surface area contributed by atoms with Crippen LogP contribution in [0.5, 0.6) is 0 Å². The van der Waals surface area contributed by atoms with E-state index >= 15 is 0 Å². The van der Waals surface area contributed by atoms with Crippen molar-refractivity contribution in [3.63, 3.8) is 0 Å². The predicted molar refractivity (Wildman–Crippen MR) is 82.3 cm³/mol. The SMILES string of the molecule is CC(C)(C)[Si](C)(C)OCC1=NCC(O)C(C2CC2)=C1. The second kappa shape index (κ2) is 5.15. The summed E-state index contributed by atoms with van der Waals surface area (Å²) in [6.07, 6.45) is 4.17. The molecule has 2 aliphatic rings. The minimum atomic E-state index is -1.71. The van der Waals surface area contributed by atoms with Crippen LogP contribution >= 0.6 is 0 Å². The highest BCUT2D eigenvalue weighted by molar-refractivity contribution is 6.74. The molecule has 0 spiro atoms. The van der Waals surface area contributed by atoms with Gasteiger partial charge in [0.1, 0.15) is 0 Å². The Morgan fingerprint density at radius 3 is 2.53 bits per heavy atom. The summed E-state index contributed by atoms with van der Waals surface area (Å²) in [5, 5.41) is 10.2. The van der Waals surface area contributed by atoms with Crippen LogP contribution in [0.25, 0.3) is 0 Å². The Balaban J connectivity index is 1.97. The van der Waals surface area contributed by atoms with Crippen LogP contribution < -0.4 is 0 Å². The molecule has 1 N–H and O–H groups in total. The average molecular weight is 281 g/mol. The molecule has 0 saturated heterocycles. The third-order valence-corrected chi connectivity index (χ3v) is 9.10. The van der Waals surface area contributed by atoms with E-state index in [9.17, 15) is 5.11 Å². The normalized spacial score (nSPS) is 25.1. The topological polar surface area (TPSA) is 41.8 Å². The molecule has 0 radical (unpaired) electrons. The van der Waals surface area contributed by atoms with Crippen LogP contribution in [0, 0.1) is 5.92 Å². The summed E-state index contributed by atoms with van der Waals surface area (Å²) in [4.78, 5) is 4.44. The highest BCUT2D eigenvalue weighted by Gasteiger charge is 2.38. The first-order valence-electron chi connectivity index (χ1n) is 7.27. The van der Waals surface area contributed by atoms with Gasteiger partial charge in [-0.3, -0.25) is 4.99 Å². The lowest BCUT2D eigenvalue weighted by molar-refractivity contribution is 0.211. The number of hydrogen-bond acceptors (Lipinski definition) is 3. The van der Waals surface area contributed by atoms with Gasteiger partial charge in [0.25, 0.3) is 0 Å². The molecule has 1 unspecified atom stereocenters. The summed E-state index contributed by atoms with van der Waals surface area (Å²) < 4.78 is 6.20. The van der Waals surface area contributed by atoms with E-state index in [1.807, 2.05) is 0 Å². The van der Waals surface area contributed by atoms with Gasteiger partial charge in [0.15, 0.2) is 8.32 Å². The van der Waals surface area contributed by atoms with Gasteiger partial charge in [-0.25, -0.2) is 0 Å². The fourth-order valence-electron chi connectivity index (χ4n) is 2.01. The molecule has 1 aliphatic carbocycles. The van der Waals surface area contributed by atoms with Gasteiger partial charge in [-0.1, -0.05) is 20.8 Å². The first-order valence-corrected chi connectivity index (χ1v) is 10.2. The maximum atomic E-state index is 9.95. The van der Waals surface area contributed by atoms with Crippen molar-refractivity contribution < 1.29 is 9.53 Å². The van der Waals surface area contributed by atoms with Crippen LogP contribution in [-0.2, 0) is 4.43 Å². The number of aliphatic imine (C=N–C) groups is 1. The number of nitrogens with zero attached hydrogens (tertiary/aromatic N) is 1. The van der Waals surface area contributed by atoms with Crippen molar-refractivity contribution in [2.24, 2.45) is 10.9 Å². The fourth-order valence-corrected chi connectivity index (χ4v) is 2.95. The number of aliphatic hydroxyl groups is 1. The molecule has 1 aliphatic heterocycles. The van der Waals surface area contributed by atoms with Crippen molar-refractivity contribution in [3.05, 3.63) is 11.6 Å². The first kappa shape index (κ1) is 14.9. The van der Waals surface area contributed by atoms with Crippen molar-refractivity contribution >= 4 is 14.0 Å². The standard InChI is InChI=1S/C15H27NO2Si/c1-15(2,3)19(4,5)18-10-12-8-13(11-6-7-11)14(17)9-16-12/h8,11,14,17H,6-7,9-10H2,1-5H3. The van der Waals surface area contributed by atoms with E-state index in [0.717, 1.165) is 5.71 Å². The molecule has 108 valence electrons. The first-order chi connectivity index (χ1) is 8.71. The minimum Gasteiger partial charge on any atom is -0.411 e. The van der Waals surface area contributed by atoms with Crippen LogP contribution in [0.15, 0.2) is 16.6 Å². The molecule has 0 aromatic carbocycles. The van der Waals surface area contributed by atoms with Crippen LogP contribution in [0.4, 0.5) is 0 Å². The molecule has 1 saturated carbocycles. The monoisotopic (exact) mass is 281 g/mol. The molecule has 4 heteroatoms. The summed E-state index contributed by atoms with van der Waals surface area (Å²) in [6.45, 7) is 12.4. The lowest BCUT2D eigenvalue weighted by Crippen LogP contribution is -2.42. The quantitative estimate of drug-likeness (QED) is 0.804. The van der Waals surface area contributed by atoms with Crippen molar-refractivity contribution in [1.82, 2.24) is 0 Å². The average Bonchev–Trinajstić information content (AvgIpc) is 3.10. The summed E-state index contributed by atoms with van der Waals surface area (Å²) in [7, 11) is -1.71. The van der Waals surface area contributed by atoms with E-state index in [2.05, 4.69) is 44.9 Å². The number of rotatable bonds is 4. The van der Waals surface area contributed by atoms with Crippen molar-refractivity contribution in [3.8, 4) is 0 Å². The molecule has 0 aromatic heterocycles. The van der Waals surface area contributed by atoms with Gasteiger partial charge in [0, 0.05) is 0 Å². The molecule has 2 rings (SSSR count). The summed E-state index contributed by atoms with van der Waals surface area (Å²) in [5.41, 5.74) is 2.20. The molecule has 1 fully saturated rings. The molecule has 19 heavy (non-hydrogen) atoms. The zero-order valence-corrected chi connectivity index (χ0v) is 13.9. The molecule has 1 atom stereocenters. The molecule has 3 nitrogen and oxygen atoms in total. The van der Waals surface area contributed by atoms with Gasteiger partial charge in [-0.15, -0.1) is 0 Å². The Labute approximate surface area is 117 Å².